The van der Waals surface area contributed by atoms with E-state index in [-0.39, 0.29) is 18.3 Å². The lowest BCUT2D eigenvalue weighted by atomic mass is 10.3. The smallest absolute Gasteiger partial charge is 0.233 e. The minimum absolute atomic E-state index is 0.0351. The summed E-state index contributed by atoms with van der Waals surface area (Å²) in [5.74, 6) is 4.66. The number of rotatable bonds is 3. The quantitative estimate of drug-likeness (QED) is 0.302. The Morgan fingerprint density at radius 3 is 2.08 bits per heavy atom. The van der Waals surface area contributed by atoms with Crippen LogP contribution in [0.15, 0.2) is 0 Å². The summed E-state index contributed by atoms with van der Waals surface area (Å²) in [5.41, 5.74) is 1.95. The fourth-order valence-corrected chi connectivity index (χ4v) is 0.312. The molecule has 0 saturated carbocycles. The van der Waals surface area contributed by atoms with Crippen molar-refractivity contribution in [3.8, 4) is 0 Å². The van der Waals surface area contributed by atoms with Gasteiger partial charge in [-0.15, -0.1) is 0 Å². The third-order valence-corrected chi connectivity index (χ3v) is 0.723. The topological polar surface area (TPSA) is 92.4 Å². The second-order valence-corrected chi connectivity index (χ2v) is 2.30. The number of Topliss-reactive ketones (excluding diaryl/α,β-unsaturated/α-hetero) is 1. The van der Waals surface area contributed by atoms with Crippen LogP contribution in [0.5, 0.6) is 0 Å². The van der Waals surface area contributed by atoms with Gasteiger partial charge >= 0.3 is 0 Å². The second-order valence-electron chi connectivity index (χ2n) is 2.30. The highest BCUT2D eigenvalue weighted by molar-refractivity contribution is 5.75. The van der Waals surface area contributed by atoms with E-state index in [0.717, 1.165) is 0 Å². The Kier molecular flexibility index (Phi) is 11.4. The van der Waals surface area contributed by atoms with Crippen LogP contribution in [-0.4, -0.2) is 23.4 Å². The first-order valence-corrected chi connectivity index (χ1v) is 3.62. The molecule has 1 amide bonds. The van der Waals surface area contributed by atoms with Crippen molar-refractivity contribution in [1.82, 2.24) is 5.43 Å². The molecule has 0 bridgehead atoms. The van der Waals surface area contributed by atoms with E-state index >= 15 is 0 Å². The number of ketones is 1. The lowest BCUT2D eigenvalue weighted by Crippen LogP contribution is -2.29. The fourth-order valence-electron chi connectivity index (χ4n) is 0.312. The van der Waals surface area contributed by atoms with Crippen LogP contribution in [0.3, 0.4) is 0 Å². The number of aliphatic hydroxyl groups is 1. The Balaban J connectivity index is 0. The minimum atomic E-state index is -0.237. The summed E-state index contributed by atoms with van der Waals surface area (Å²) in [7, 11) is 0. The van der Waals surface area contributed by atoms with Crippen molar-refractivity contribution in [3.05, 3.63) is 0 Å². The average Bonchev–Trinajstić information content (AvgIpc) is 1.99. The fraction of sp³-hybridized carbons (Fsp3) is 0.714. The van der Waals surface area contributed by atoms with Crippen LogP contribution in [-0.2, 0) is 9.59 Å². The van der Waals surface area contributed by atoms with Crippen LogP contribution in [0.2, 0.25) is 0 Å². The monoisotopic (exact) mass is 176 g/mol. The van der Waals surface area contributed by atoms with Crippen molar-refractivity contribution in [3.63, 3.8) is 0 Å². The normalized spacial score (nSPS) is 8.00. The van der Waals surface area contributed by atoms with Crippen molar-refractivity contribution in [1.29, 1.82) is 0 Å². The molecular weight excluding hydrogens is 160 g/mol. The number of hydrogen-bond donors (Lipinski definition) is 3. The summed E-state index contributed by atoms with van der Waals surface area (Å²) in [6, 6.07) is 0. The molecule has 0 aromatic carbocycles. The molecule has 0 heterocycles. The van der Waals surface area contributed by atoms with Crippen molar-refractivity contribution >= 4 is 11.7 Å². The standard InChI is InChI=1S/C4H10N2O2.C3H6O/c5-6-4(8)2-1-3-7;1-3(2)4/h7H,1-3,5H2,(H,6,8);1-2H3. The van der Waals surface area contributed by atoms with E-state index < -0.39 is 0 Å². The third-order valence-electron chi connectivity index (χ3n) is 0.723. The summed E-state index contributed by atoms with van der Waals surface area (Å²) >= 11 is 0. The van der Waals surface area contributed by atoms with Gasteiger partial charge in [-0.2, -0.15) is 0 Å². The number of carbonyl (C=O) groups excluding carboxylic acids is 2. The van der Waals surface area contributed by atoms with Gasteiger partial charge in [0, 0.05) is 13.0 Å². The van der Waals surface area contributed by atoms with Gasteiger partial charge < -0.3 is 9.90 Å². The lowest BCUT2D eigenvalue weighted by molar-refractivity contribution is -0.121. The molecule has 5 nitrogen and oxygen atoms in total. The zero-order chi connectivity index (χ0) is 9.98. The van der Waals surface area contributed by atoms with Gasteiger partial charge in [0.2, 0.25) is 5.91 Å². The van der Waals surface area contributed by atoms with E-state index in [9.17, 15) is 9.59 Å². The summed E-state index contributed by atoms with van der Waals surface area (Å²) in [6.07, 6.45) is 0.774. The molecule has 0 atom stereocenters. The van der Waals surface area contributed by atoms with Crippen molar-refractivity contribution < 1.29 is 14.7 Å². The second kappa shape index (κ2) is 10.1. The average molecular weight is 176 g/mol. The Bertz CT molecular complexity index is 133. The van der Waals surface area contributed by atoms with Crippen LogP contribution in [0.25, 0.3) is 0 Å². The van der Waals surface area contributed by atoms with E-state index in [1.807, 2.05) is 5.43 Å². The van der Waals surface area contributed by atoms with Crippen LogP contribution < -0.4 is 11.3 Å². The molecule has 0 aliphatic rings. The third kappa shape index (κ3) is 23.0. The molecule has 0 aromatic rings. The number of hydrazine groups is 1. The van der Waals surface area contributed by atoms with Crippen molar-refractivity contribution in [2.45, 2.75) is 26.7 Å². The predicted molar refractivity (Wildman–Crippen MR) is 45.0 cm³/mol. The summed E-state index contributed by atoms with van der Waals surface area (Å²) in [5, 5.41) is 8.19. The summed E-state index contributed by atoms with van der Waals surface area (Å²) in [4.78, 5) is 19.7. The number of carbonyl (C=O) groups is 2. The van der Waals surface area contributed by atoms with E-state index in [1.54, 1.807) is 0 Å². The minimum Gasteiger partial charge on any atom is -0.396 e. The predicted octanol–water partition coefficient (Wildman–Crippen LogP) is -0.656. The first-order chi connectivity index (χ1) is 5.54. The first-order valence-electron chi connectivity index (χ1n) is 3.62. The van der Waals surface area contributed by atoms with Crippen LogP contribution in [0, 0.1) is 0 Å². The maximum Gasteiger partial charge on any atom is 0.233 e. The zero-order valence-corrected chi connectivity index (χ0v) is 7.46. The largest absolute Gasteiger partial charge is 0.396 e. The molecule has 0 unspecified atom stereocenters. The van der Waals surface area contributed by atoms with Crippen molar-refractivity contribution in [2.24, 2.45) is 5.84 Å². The molecule has 0 radical (unpaired) electrons. The Labute approximate surface area is 71.9 Å². The number of hydrogen-bond acceptors (Lipinski definition) is 4. The van der Waals surface area contributed by atoms with Gasteiger partial charge in [0.25, 0.3) is 0 Å². The summed E-state index contributed by atoms with van der Waals surface area (Å²) in [6.45, 7) is 3.09. The van der Waals surface area contributed by atoms with Gasteiger partial charge in [-0.1, -0.05) is 0 Å². The van der Waals surface area contributed by atoms with Gasteiger partial charge in [-0.3, -0.25) is 10.2 Å². The molecule has 0 aliphatic carbocycles. The van der Waals surface area contributed by atoms with Gasteiger partial charge in [0.05, 0.1) is 0 Å². The summed E-state index contributed by atoms with van der Waals surface area (Å²) < 4.78 is 0. The lowest BCUT2D eigenvalue weighted by Gasteiger charge is -1.93. The van der Waals surface area contributed by atoms with Gasteiger partial charge in [0.15, 0.2) is 0 Å². The number of nitrogens with two attached hydrogens (primary N) is 1. The molecule has 0 aromatic heterocycles. The Morgan fingerprint density at radius 2 is 1.83 bits per heavy atom. The zero-order valence-electron chi connectivity index (χ0n) is 7.46. The van der Waals surface area contributed by atoms with E-state index in [2.05, 4.69) is 0 Å². The van der Waals surface area contributed by atoms with Gasteiger partial charge in [-0.05, 0) is 20.3 Å². The highest BCUT2D eigenvalue weighted by Gasteiger charge is 1.93. The first kappa shape index (κ1) is 13.6. The highest BCUT2D eigenvalue weighted by atomic mass is 16.3. The molecule has 72 valence electrons. The molecule has 0 aliphatic heterocycles. The Hall–Kier alpha value is -0.940. The van der Waals surface area contributed by atoms with E-state index in [0.29, 0.717) is 12.8 Å². The van der Waals surface area contributed by atoms with E-state index in [1.165, 1.54) is 13.8 Å². The maximum atomic E-state index is 10.2. The molecule has 0 rings (SSSR count). The molecule has 0 saturated heterocycles. The molecule has 0 spiro atoms. The van der Waals surface area contributed by atoms with Gasteiger partial charge in [-0.25, -0.2) is 5.84 Å². The maximum absolute atomic E-state index is 10.2. The van der Waals surface area contributed by atoms with Crippen molar-refractivity contribution in [2.75, 3.05) is 6.61 Å². The molecule has 4 N–H and O–H groups in total. The number of aliphatic hydroxyl groups excluding tert-OH is 1. The van der Waals surface area contributed by atoms with Crippen LogP contribution in [0.1, 0.15) is 26.7 Å². The number of amides is 1. The highest BCUT2D eigenvalue weighted by Crippen LogP contribution is 1.83. The Morgan fingerprint density at radius 1 is 1.42 bits per heavy atom. The molecule has 12 heavy (non-hydrogen) atoms. The van der Waals surface area contributed by atoms with Crippen LogP contribution >= 0.6 is 0 Å². The van der Waals surface area contributed by atoms with Crippen LogP contribution in [0.4, 0.5) is 0 Å². The number of nitrogens with one attached hydrogen (secondary N) is 1. The van der Waals surface area contributed by atoms with E-state index in [4.69, 9.17) is 10.9 Å². The molecule has 0 fully saturated rings. The SMILES string of the molecule is CC(C)=O.NNC(=O)CCCO. The molecular formula is C7H16N2O3. The molecule has 5 heteroatoms. The van der Waals surface area contributed by atoms with Gasteiger partial charge in [0.1, 0.15) is 5.78 Å².